The monoisotopic (exact) mass is 978 g/mol. The Hall–Kier alpha value is -4.36. The minimum absolute atomic E-state index is 0.00760. The van der Waals surface area contributed by atoms with Gasteiger partial charge in [-0.3, -0.25) is 9.69 Å². The zero-order chi connectivity index (χ0) is 46.1. The minimum atomic E-state index is -4.70. The summed E-state index contributed by atoms with van der Waals surface area (Å²) in [6, 6.07) is 17.3. The number of hydrogen-bond donors (Lipinski definition) is 1. The fourth-order valence-electron chi connectivity index (χ4n) is 9.08. The van der Waals surface area contributed by atoms with Crippen LogP contribution in [0.1, 0.15) is 59.9 Å². The van der Waals surface area contributed by atoms with Gasteiger partial charge in [0.1, 0.15) is 11.8 Å². The molecule has 2 unspecified atom stereocenters. The molecule has 0 aliphatic carbocycles. The van der Waals surface area contributed by atoms with Crippen LogP contribution in [0.2, 0.25) is 0 Å². The van der Waals surface area contributed by atoms with Gasteiger partial charge in [0.2, 0.25) is 0 Å². The first kappa shape index (κ1) is 48.6. The number of fused-ring (bicyclic) bond motifs is 3. The van der Waals surface area contributed by atoms with E-state index in [0.717, 1.165) is 41.2 Å². The second-order valence-electron chi connectivity index (χ2n) is 17.3. The topological polar surface area (TPSA) is 132 Å². The Balaban J connectivity index is 1.04. The summed E-state index contributed by atoms with van der Waals surface area (Å²) >= 11 is -3.46. The summed E-state index contributed by atoms with van der Waals surface area (Å²) in [6.45, 7) is 6.89. The van der Waals surface area contributed by atoms with E-state index in [1.807, 2.05) is 75.1 Å². The van der Waals surface area contributed by atoms with E-state index in [9.17, 15) is 37.5 Å². The number of carboxylic acid groups (broad SMARTS) is 1. The zero-order valence-corrected chi connectivity index (χ0v) is 39.8. The van der Waals surface area contributed by atoms with Crippen molar-refractivity contribution >= 4 is 61.6 Å². The molecule has 3 aromatic rings. The van der Waals surface area contributed by atoms with Crippen LogP contribution in [0.5, 0.6) is 5.75 Å². The summed E-state index contributed by atoms with van der Waals surface area (Å²) in [5.74, 6) is -1.82. The van der Waals surface area contributed by atoms with E-state index >= 15 is 0 Å². The smallest absolute Gasteiger partial charge is 0.480 e. The molecule has 3 atom stereocenters. The second-order valence-corrected chi connectivity index (χ2v) is 21.3. The summed E-state index contributed by atoms with van der Waals surface area (Å²) in [5.41, 5.74) is 3.06. The van der Waals surface area contributed by atoms with Crippen LogP contribution in [0, 0.1) is 12.8 Å². The van der Waals surface area contributed by atoms with Gasteiger partial charge in [0, 0.05) is 12.1 Å². The molecule has 0 aromatic heterocycles. The number of halogens is 4. The maximum absolute atomic E-state index is 14.9. The first-order valence-electron chi connectivity index (χ1n) is 22.3. The number of carbonyl (C=O) groups is 4. The molecule has 4 aliphatic rings. The first-order chi connectivity index (χ1) is 31.2. The molecular formula is C47H56ClF3GaN5O8. The molecule has 4 saturated heterocycles. The second kappa shape index (κ2) is 22.4. The Morgan fingerprint density at radius 2 is 1.48 bits per heavy atom. The van der Waals surface area contributed by atoms with Crippen LogP contribution in [0.25, 0.3) is 23.3 Å². The van der Waals surface area contributed by atoms with Crippen molar-refractivity contribution in [3.05, 3.63) is 88.5 Å². The molecule has 65 heavy (non-hydrogen) atoms. The number of aliphatic carboxylic acids is 1. The first-order valence-corrected chi connectivity index (χ1v) is 27.5. The normalized spacial score (nSPS) is 22.4. The van der Waals surface area contributed by atoms with Crippen molar-refractivity contribution in [1.82, 2.24) is 24.5 Å². The molecule has 4 aliphatic heterocycles. The molecule has 0 saturated carbocycles. The molecule has 7 rings (SSSR count). The Labute approximate surface area is 387 Å². The van der Waals surface area contributed by atoms with Gasteiger partial charge in [-0.05, 0) is 72.2 Å². The average molecular weight is 979 g/mol. The van der Waals surface area contributed by atoms with Gasteiger partial charge in [-0.2, -0.15) is 13.2 Å². The Kier molecular flexibility index (Phi) is 16.8. The van der Waals surface area contributed by atoms with Crippen LogP contribution in [-0.2, 0) is 39.0 Å². The van der Waals surface area contributed by atoms with Gasteiger partial charge in [0.05, 0.1) is 12.2 Å². The van der Waals surface area contributed by atoms with Crippen LogP contribution in [-0.4, -0.2) is 161 Å². The van der Waals surface area contributed by atoms with Crippen molar-refractivity contribution in [2.24, 2.45) is 5.92 Å². The van der Waals surface area contributed by atoms with Crippen molar-refractivity contribution in [3.63, 3.8) is 0 Å². The van der Waals surface area contributed by atoms with E-state index < -0.39 is 51.6 Å². The van der Waals surface area contributed by atoms with Gasteiger partial charge >= 0.3 is 181 Å². The number of piperidine rings is 2. The van der Waals surface area contributed by atoms with Gasteiger partial charge in [0.25, 0.3) is 0 Å². The number of hydrogen-bond acceptors (Lipinski definition) is 11. The number of alkyl halides is 3. The molecule has 13 nitrogen and oxygen atoms in total. The quantitative estimate of drug-likeness (QED) is 0.175. The summed E-state index contributed by atoms with van der Waals surface area (Å²) < 4.78 is 61.6. The van der Waals surface area contributed by atoms with Gasteiger partial charge in [0.15, 0.2) is 0 Å². The number of likely N-dealkylation sites (tertiary alicyclic amines) is 2. The molecular weight excluding hydrogens is 923 g/mol. The maximum atomic E-state index is 14.9. The summed E-state index contributed by atoms with van der Waals surface area (Å²) in [5, 5.41) is 10.0. The third-order valence-corrected chi connectivity index (χ3v) is 15.7. The molecule has 1 N–H and O–H groups in total. The molecule has 18 heteroatoms. The van der Waals surface area contributed by atoms with E-state index in [4.69, 9.17) is 21.4 Å². The van der Waals surface area contributed by atoms with Crippen LogP contribution in [0.3, 0.4) is 0 Å². The average Bonchev–Trinajstić information content (AvgIpc) is 3.34. The van der Waals surface area contributed by atoms with E-state index in [2.05, 4.69) is 0 Å². The molecule has 348 valence electrons. The predicted octanol–water partition coefficient (Wildman–Crippen LogP) is 6.15. The Bertz CT molecular complexity index is 2160. The predicted molar refractivity (Wildman–Crippen MR) is 241 cm³/mol. The number of carboxylic acids is 1. The van der Waals surface area contributed by atoms with Crippen LogP contribution in [0.4, 0.5) is 13.2 Å². The van der Waals surface area contributed by atoms with E-state index in [-0.39, 0.29) is 61.5 Å². The third-order valence-electron chi connectivity index (χ3n) is 12.9. The molecule has 2 bridgehead atoms. The summed E-state index contributed by atoms with van der Waals surface area (Å²) in [4.78, 5) is 60.4. The SMILES string of the molecule is Cc1c(/C=C/c2cc(OCC3CCN(C(=O)CN4CCN5CCN(CC4)CC(=O)[O][68Ga]([Cl])[O]C(=O)C5)CC3)c(CN3CCCC[C@H]3C(=O)O)cc2C(F)(F)F)cccc1-c1ccccc1. The van der Waals surface area contributed by atoms with Crippen molar-refractivity contribution in [2.75, 3.05) is 85.1 Å². The number of rotatable bonds is 11. The van der Waals surface area contributed by atoms with Crippen LogP contribution in [0.15, 0.2) is 60.7 Å². The number of carbonyl (C=O) groups excluding carboxylic acids is 3. The van der Waals surface area contributed by atoms with E-state index in [0.29, 0.717) is 78.2 Å². The molecule has 4 fully saturated rings. The van der Waals surface area contributed by atoms with E-state index in [1.54, 1.807) is 11.0 Å². The van der Waals surface area contributed by atoms with Crippen LogP contribution < -0.4 is 4.74 Å². The summed E-state index contributed by atoms with van der Waals surface area (Å²) in [6.07, 6.45) is 1.59. The Morgan fingerprint density at radius 1 is 0.831 bits per heavy atom. The molecule has 0 radical (unpaired) electrons. The standard InChI is InChI=1S/C47H58F3N5O8.ClH.Ga/c1-33-35(10-7-11-39(33)36-8-3-2-4-9-36)13-14-37-27-42(38(26-40(37)47(48,49)50)28-55-17-6-5-12-41(55)46(61)62)63-32-34-15-18-54(19-16-34)43(56)29-51-20-22-52(30-44(57)58)24-25-53(23-21-51)31-45(59)60;;/h2-4,7-11,13-14,26-27,34,41H,5-6,12,15-25,28-32H2,1H3,(H,57,58)(H,59,60)(H,61,62);1H;/q;;+3/p-3/b14-13+;;/t41-;;/m0../s1/i;;1-2. The van der Waals surface area contributed by atoms with Crippen molar-refractivity contribution in [3.8, 4) is 16.9 Å². The third kappa shape index (κ3) is 13.4. The van der Waals surface area contributed by atoms with Gasteiger partial charge in [-0.25, -0.2) is 0 Å². The van der Waals surface area contributed by atoms with Crippen molar-refractivity contribution < 1.29 is 49.3 Å². The molecule has 3 aromatic carbocycles. The van der Waals surface area contributed by atoms with Crippen LogP contribution >= 0.6 is 9.64 Å². The number of benzene rings is 3. The van der Waals surface area contributed by atoms with Gasteiger partial charge < -0.3 is 9.84 Å². The number of ether oxygens (including phenoxy) is 1. The molecule has 0 spiro atoms. The van der Waals surface area contributed by atoms with Crippen molar-refractivity contribution in [1.29, 1.82) is 0 Å². The fraction of sp³-hybridized carbons (Fsp3) is 0.489. The zero-order valence-electron chi connectivity index (χ0n) is 36.6. The van der Waals surface area contributed by atoms with Gasteiger partial charge in [-0.15, -0.1) is 0 Å². The molecule has 1 amide bonds. The fourth-order valence-corrected chi connectivity index (χ4v) is 11.4. The number of amides is 1. The number of nitrogens with zero attached hydrogens (tertiary/aromatic N) is 5. The Morgan fingerprint density at radius 3 is 2.12 bits per heavy atom. The minimum Gasteiger partial charge on any atom is -0.480 e. The van der Waals surface area contributed by atoms with Gasteiger partial charge in [-0.1, -0.05) is 67.1 Å². The summed E-state index contributed by atoms with van der Waals surface area (Å²) in [7, 11) is 6.08. The van der Waals surface area contributed by atoms with Crippen molar-refractivity contribution in [2.45, 2.75) is 57.8 Å². The van der Waals surface area contributed by atoms with E-state index in [1.165, 1.54) is 12.1 Å². The molecule has 4 heterocycles.